The molecule has 0 saturated heterocycles. The maximum absolute atomic E-state index is 4.47. The first-order valence-corrected chi connectivity index (χ1v) is 5.44. The molecule has 16 heavy (non-hydrogen) atoms. The normalized spacial score (nSPS) is 10.7. The maximum atomic E-state index is 4.47. The van der Waals surface area contributed by atoms with Gasteiger partial charge in [-0.3, -0.25) is 0 Å². The van der Waals surface area contributed by atoms with Gasteiger partial charge in [-0.25, -0.2) is 4.98 Å². The van der Waals surface area contributed by atoms with Crippen molar-refractivity contribution in [3.8, 4) is 11.4 Å². The third kappa shape index (κ3) is 1.99. The van der Waals surface area contributed by atoms with E-state index in [0.29, 0.717) is 0 Å². The van der Waals surface area contributed by atoms with Gasteiger partial charge in [0.15, 0.2) is 0 Å². The number of hydrogen-bond donors (Lipinski definition) is 1. The van der Waals surface area contributed by atoms with Crippen LogP contribution in [0.4, 0.5) is 0 Å². The van der Waals surface area contributed by atoms with E-state index in [4.69, 9.17) is 0 Å². The topological polar surface area (TPSA) is 29.9 Å². The molecule has 0 aliphatic heterocycles. The lowest BCUT2D eigenvalue weighted by Gasteiger charge is -2.06. The van der Waals surface area contributed by atoms with Crippen molar-refractivity contribution in [1.29, 1.82) is 0 Å². The van der Waals surface area contributed by atoms with E-state index < -0.39 is 0 Å². The molecule has 84 valence electrons. The average Bonchev–Trinajstić information content (AvgIpc) is 2.61. The Balaban J connectivity index is 2.41. The molecule has 3 heteroatoms. The first-order valence-electron chi connectivity index (χ1n) is 5.44. The van der Waals surface area contributed by atoms with Crippen molar-refractivity contribution in [2.75, 3.05) is 7.05 Å². The summed E-state index contributed by atoms with van der Waals surface area (Å²) in [5.74, 6) is 1.02. The van der Waals surface area contributed by atoms with E-state index in [1.54, 1.807) is 0 Å². The summed E-state index contributed by atoms with van der Waals surface area (Å²) in [4.78, 5) is 4.47. The second-order valence-corrected chi connectivity index (χ2v) is 4.03. The number of rotatable bonds is 3. The van der Waals surface area contributed by atoms with Gasteiger partial charge in [-0.1, -0.05) is 23.8 Å². The van der Waals surface area contributed by atoms with Gasteiger partial charge in [0, 0.05) is 19.2 Å². The number of hydrogen-bond acceptors (Lipinski definition) is 2. The van der Waals surface area contributed by atoms with Crippen molar-refractivity contribution < 1.29 is 0 Å². The SMILES string of the molecule is CNCc1cnc(-c2cccc(C)c2)n1C. The van der Waals surface area contributed by atoms with Crippen LogP contribution in [0.15, 0.2) is 30.5 Å². The molecule has 2 aromatic rings. The maximum Gasteiger partial charge on any atom is 0.139 e. The van der Waals surface area contributed by atoms with Crippen molar-refractivity contribution in [2.24, 2.45) is 7.05 Å². The first kappa shape index (κ1) is 10.9. The Morgan fingerprint density at radius 1 is 1.38 bits per heavy atom. The van der Waals surface area contributed by atoms with E-state index in [1.807, 2.05) is 13.2 Å². The quantitative estimate of drug-likeness (QED) is 0.850. The van der Waals surface area contributed by atoms with Crippen LogP contribution in [0.25, 0.3) is 11.4 Å². The monoisotopic (exact) mass is 215 g/mol. The highest BCUT2D eigenvalue weighted by molar-refractivity contribution is 5.57. The second kappa shape index (κ2) is 4.49. The van der Waals surface area contributed by atoms with Crippen molar-refractivity contribution in [3.05, 3.63) is 41.7 Å². The van der Waals surface area contributed by atoms with Crippen LogP contribution in [-0.2, 0) is 13.6 Å². The van der Waals surface area contributed by atoms with E-state index in [-0.39, 0.29) is 0 Å². The third-order valence-corrected chi connectivity index (χ3v) is 2.72. The predicted octanol–water partition coefficient (Wildman–Crippen LogP) is 2.11. The number of imidazole rings is 1. The van der Waals surface area contributed by atoms with Gasteiger partial charge < -0.3 is 9.88 Å². The summed E-state index contributed by atoms with van der Waals surface area (Å²) in [7, 11) is 4.00. The molecule has 1 aromatic heterocycles. The van der Waals surface area contributed by atoms with Gasteiger partial charge in [0.05, 0.1) is 11.9 Å². The molecule has 0 fully saturated rings. The van der Waals surface area contributed by atoms with Gasteiger partial charge >= 0.3 is 0 Å². The van der Waals surface area contributed by atoms with Gasteiger partial charge in [0.2, 0.25) is 0 Å². The summed E-state index contributed by atoms with van der Waals surface area (Å²) in [6.07, 6.45) is 1.92. The Bertz CT molecular complexity index is 486. The van der Waals surface area contributed by atoms with Gasteiger partial charge in [0.1, 0.15) is 5.82 Å². The first-order chi connectivity index (χ1) is 7.72. The number of nitrogens with one attached hydrogen (secondary N) is 1. The molecule has 0 amide bonds. The second-order valence-electron chi connectivity index (χ2n) is 4.03. The summed E-state index contributed by atoms with van der Waals surface area (Å²) < 4.78 is 2.13. The zero-order valence-electron chi connectivity index (χ0n) is 9.99. The Labute approximate surface area is 96.1 Å². The largest absolute Gasteiger partial charge is 0.330 e. The molecule has 1 aromatic carbocycles. The summed E-state index contributed by atoms with van der Waals surface area (Å²) >= 11 is 0. The Kier molecular flexibility index (Phi) is 3.06. The van der Waals surface area contributed by atoms with Crippen molar-refractivity contribution >= 4 is 0 Å². The number of benzene rings is 1. The van der Waals surface area contributed by atoms with Crippen LogP contribution in [-0.4, -0.2) is 16.6 Å². The zero-order valence-corrected chi connectivity index (χ0v) is 9.99. The van der Waals surface area contributed by atoms with Gasteiger partial charge in [-0.05, 0) is 20.0 Å². The fraction of sp³-hybridized carbons (Fsp3) is 0.308. The van der Waals surface area contributed by atoms with Crippen LogP contribution in [0.3, 0.4) is 0 Å². The smallest absolute Gasteiger partial charge is 0.139 e. The summed E-state index contributed by atoms with van der Waals surface area (Å²) in [6.45, 7) is 2.94. The third-order valence-electron chi connectivity index (χ3n) is 2.72. The standard InChI is InChI=1S/C13H17N3/c1-10-5-4-6-11(7-10)13-15-9-12(8-14-2)16(13)3/h4-7,9,14H,8H2,1-3H3. The molecule has 2 rings (SSSR count). The summed E-state index contributed by atoms with van der Waals surface area (Å²) in [5.41, 5.74) is 3.62. The van der Waals surface area contributed by atoms with Crippen LogP contribution in [0, 0.1) is 6.92 Å². The molecule has 3 nitrogen and oxygen atoms in total. The van der Waals surface area contributed by atoms with Crippen molar-refractivity contribution in [1.82, 2.24) is 14.9 Å². The Hall–Kier alpha value is -1.61. The van der Waals surface area contributed by atoms with E-state index >= 15 is 0 Å². The van der Waals surface area contributed by atoms with Crippen LogP contribution < -0.4 is 5.32 Å². The Morgan fingerprint density at radius 2 is 2.19 bits per heavy atom. The van der Waals surface area contributed by atoms with Crippen LogP contribution in [0.5, 0.6) is 0 Å². The highest BCUT2D eigenvalue weighted by atomic mass is 15.1. The van der Waals surface area contributed by atoms with Gasteiger partial charge in [-0.2, -0.15) is 0 Å². The lowest BCUT2D eigenvalue weighted by molar-refractivity contribution is 0.737. The molecule has 0 saturated carbocycles. The highest BCUT2D eigenvalue weighted by Crippen LogP contribution is 2.19. The summed E-state index contributed by atoms with van der Waals surface area (Å²) in [6, 6.07) is 8.42. The molecular weight excluding hydrogens is 198 g/mol. The summed E-state index contributed by atoms with van der Waals surface area (Å²) in [5, 5.41) is 3.14. The van der Waals surface area contributed by atoms with Crippen LogP contribution >= 0.6 is 0 Å². The number of nitrogens with zero attached hydrogens (tertiary/aromatic N) is 2. The molecule has 0 aliphatic rings. The van der Waals surface area contributed by atoms with Crippen LogP contribution in [0.1, 0.15) is 11.3 Å². The minimum absolute atomic E-state index is 0.843. The van der Waals surface area contributed by atoms with E-state index in [2.05, 4.69) is 53.1 Å². The van der Waals surface area contributed by atoms with E-state index in [9.17, 15) is 0 Å². The lowest BCUT2D eigenvalue weighted by atomic mass is 10.1. The average molecular weight is 215 g/mol. The minimum Gasteiger partial charge on any atom is -0.330 e. The molecular formula is C13H17N3. The van der Waals surface area contributed by atoms with Gasteiger partial charge in [-0.15, -0.1) is 0 Å². The van der Waals surface area contributed by atoms with Gasteiger partial charge in [0.25, 0.3) is 0 Å². The highest BCUT2D eigenvalue weighted by Gasteiger charge is 2.07. The lowest BCUT2D eigenvalue weighted by Crippen LogP contribution is -2.09. The molecule has 0 unspecified atom stereocenters. The molecule has 0 bridgehead atoms. The predicted molar refractivity (Wildman–Crippen MR) is 66.1 cm³/mol. The van der Waals surface area contributed by atoms with Crippen molar-refractivity contribution in [3.63, 3.8) is 0 Å². The molecule has 0 atom stereocenters. The molecule has 1 heterocycles. The number of aryl methyl sites for hydroxylation is 1. The van der Waals surface area contributed by atoms with Crippen LogP contribution in [0.2, 0.25) is 0 Å². The fourth-order valence-electron chi connectivity index (χ4n) is 1.84. The zero-order chi connectivity index (χ0) is 11.5. The minimum atomic E-state index is 0.843. The Morgan fingerprint density at radius 3 is 2.88 bits per heavy atom. The molecule has 0 radical (unpaired) electrons. The number of aromatic nitrogens is 2. The molecule has 0 spiro atoms. The van der Waals surface area contributed by atoms with E-state index in [0.717, 1.165) is 12.4 Å². The molecule has 0 aliphatic carbocycles. The molecule has 1 N–H and O–H groups in total. The fourth-order valence-corrected chi connectivity index (χ4v) is 1.84. The van der Waals surface area contributed by atoms with Crippen molar-refractivity contribution in [2.45, 2.75) is 13.5 Å². The van der Waals surface area contributed by atoms with E-state index in [1.165, 1.54) is 16.8 Å².